The summed E-state index contributed by atoms with van der Waals surface area (Å²) in [5.74, 6) is -36.8. The molecule has 0 aliphatic heterocycles. The first-order valence-electron chi connectivity index (χ1n) is 12.9. The lowest BCUT2D eigenvalue weighted by Crippen LogP contribution is -2.45. The van der Waals surface area contributed by atoms with Crippen LogP contribution in [0.15, 0.2) is 0 Å². The van der Waals surface area contributed by atoms with Crippen LogP contribution in [0.25, 0.3) is 32.7 Å². The van der Waals surface area contributed by atoms with Crippen molar-refractivity contribution in [1.29, 1.82) is 0 Å². The molecule has 0 atom stereocenters. The van der Waals surface area contributed by atoms with Crippen molar-refractivity contribution in [2.75, 3.05) is 0 Å². The Morgan fingerprint density at radius 1 is 0.308 bits per heavy atom. The normalized spacial score (nSPS) is 13.3. The maximum Gasteiger partial charge on any atom is 0.435 e. The molecule has 52 heavy (non-hydrogen) atoms. The molecule has 0 N–H and O–H groups in total. The zero-order valence-corrected chi connectivity index (χ0v) is 23.3. The van der Waals surface area contributed by atoms with Crippen LogP contribution in [-0.2, 0) is 18.5 Å². The fourth-order valence-corrected chi connectivity index (χ4v) is 5.49. The van der Waals surface area contributed by atoms with Gasteiger partial charge in [-0.2, -0.15) is 39.5 Å². The van der Waals surface area contributed by atoms with E-state index in [1.165, 1.54) is 0 Å². The van der Waals surface area contributed by atoms with E-state index in [0.717, 1.165) is 0 Å². The average molecular weight is 783 g/mol. The van der Waals surface area contributed by atoms with Crippen molar-refractivity contribution in [3.05, 3.63) is 86.9 Å². The number of nitrogens with zero attached hydrogens (tertiary/aromatic N) is 6. The second kappa shape index (κ2) is 11.1. The molecule has 0 unspecified atom stereocenters. The van der Waals surface area contributed by atoms with Crippen LogP contribution >= 0.6 is 0 Å². The number of hydrogen-bond acceptors (Lipinski definition) is 3. The quantitative estimate of drug-likeness (QED) is 0.0790. The van der Waals surface area contributed by atoms with E-state index in [4.69, 9.17) is 0 Å². The van der Waals surface area contributed by atoms with Gasteiger partial charge in [0.2, 0.25) is 0 Å². The summed E-state index contributed by atoms with van der Waals surface area (Å²) in [5.41, 5.74) is -16.4. The van der Waals surface area contributed by atoms with Crippen LogP contribution in [-0.4, -0.2) is 36.2 Å². The summed E-state index contributed by atoms with van der Waals surface area (Å²) in [6.07, 6.45) is -18.7. The molecule has 278 valence electrons. The molecule has 0 amide bonds. The summed E-state index contributed by atoms with van der Waals surface area (Å²) in [6.45, 7) is 0. The van der Waals surface area contributed by atoms with Crippen molar-refractivity contribution in [1.82, 2.24) is 29.1 Å². The number of hydrogen-bond donors (Lipinski definition) is 0. The third kappa shape index (κ3) is 4.84. The smallest absolute Gasteiger partial charge is 0.393 e. The highest BCUT2D eigenvalue weighted by molar-refractivity contribution is 6.56. The van der Waals surface area contributed by atoms with E-state index in [2.05, 4.69) is 15.3 Å². The summed E-state index contributed by atoms with van der Waals surface area (Å²) in [7, 11) is -5.44. The second-order valence-corrected chi connectivity index (χ2v) is 10.4. The van der Waals surface area contributed by atoms with Gasteiger partial charge in [-0.05, 0) is 0 Å². The maximum atomic E-state index is 15.3. The Balaban J connectivity index is 1.99. The number of benzene rings is 3. The number of halogens is 21. The highest BCUT2D eigenvalue weighted by Crippen LogP contribution is 2.43. The van der Waals surface area contributed by atoms with Gasteiger partial charge in [-0.15, -0.1) is 0 Å². The molecule has 3 aromatic carbocycles. The van der Waals surface area contributed by atoms with Gasteiger partial charge in [0.25, 0.3) is 0 Å². The van der Waals surface area contributed by atoms with E-state index >= 15 is 13.2 Å². The van der Waals surface area contributed by atoms with Gasteiger partial charge in [0, 0.05) is 0 Å². The summed E-state index contributed by atoms with van der Waals surface area (Å²) >= 11 is 0. The van der Waals surface area contributed by atoms with Crippen LogP contribution in [0.4, 0.5) is 92.2 Å². The van der Waals surface area contributed by atoms with Gasteiger partial charge >= 0.3 is 25.6 Å². The summed E-state index contributed by atoms with van der Waals surface area (Å²) < 4.78 is 300. The monoisotopic (exact) mass is 783 g/mol. The number of alkyl halides is 9. The molecular weight excluding hydrogens is 782 g/mol. The van der Waals surface area contributed by atoms with Gasteiger partial charge < -0.3 is 13.8 Å². The van der Waals surface area contributed by atoms with Gasteiger partial charge in [-0.3, -0.25) is 0 Å². The van der Waals surface area contributed by atoms with Crippen LogP contribution in [0.3, 0.4) is 0 Å². The molecule has 3 heterocycles. The first kappa shape index (κ1) is 36.5. The Labute approximate surface area is 267 Å². The minimum Gasteiger partial charge on any atom is -0.393 e. The molecule has 0 aliphatic carbocycles. The fraction of sp³-hybridized carbons (Fsp3) is 0.125. The first-order chi connectivity index (χ1) is 23.7. The van der Waals surface area contributed by atoms with Gasteiger partial charge in [0.1, 0.15) is 0 Å². The zero-order chi connectivity index (χ0) is 39.1. The highest BCUT2D eigenvalue weighted by atomic mass is 19.4. The Bertz CT molecular complexity index is 2250. The minimum atomic E-state index is -6.23. The molecule has 0 fully saturated rings. The Kier molecular flexibility index (Phi) is 7.77. The third-order valence-electron chi connectivity index (χ3n) is 7.48. The molecule has 0 spiro atoms. The van der Waals surface area contributed by atoms with Crippen LogP contribution in [0.2, 0.25) is 0 Å². The Morgan fingerprint density at radius 3 is 0.692 bits per heavy atom. The standard InChI is InChI=1S/C24HBF21N6/c26-4-1-16(13(35)10(32)7(4)29)50(47-19(1)22(38,39)40)25(51-17-2(20(48-51)23(41,42)43)5(27)8(30)11(33)14(17)36)52-18-3(21(49-52)24(44,45)46)6(28)9(31)12(34)15(18)37/h25H/q-1. The largest absolute Gasteiger partial charge is 0.435 e. The molecule has 6 aromatic rings. The minimum absolute atomic E-state index is 1.10. The molecule has 3 aromatic heterocycles. The lowest BCUT2D eigenvalue weighted by atomic mass is 9.92. The predicted octanol–water partition coefficient (Wildman–Crippen LogP) is 8.12. The topological polar surface area (TPSA) is 53.5 Å². The van der Waals surface area contributed by atoms with Crippen molar-refractivity contribution >= 4 is 39.8 Å². The van der Waals surface area contributed by atoms with Gasteiger partial charge in [0.05, 0.1) is 32.7 Å². The predicted molar refractivity (Wildman–Crippen MR) is 127 cm³/mol. The molecule has 0 saturated heterocycles. The lowest BCUT2D eigenvalue weighted by molar-refractivity contribution is -0.140. The van der Waals surface area contributed by atoms with Crippen molar-refractivity contribution in [2.24, 2.45) is 0 Å². The van der Waals surface area contributed by atoms with Gasteiger partial charge in [-0.25, -0.2) is 68.0 Å². The first-order valence-corrected chi connectivity index (χ1v) is 12.9. The van der Waals surface area contributed by atoms with Crippen molar-refractivity contribution in [3.63, 3.8) is 0 Å². The second-order valence-electron chi connectivity index (χ2n) is 10.4. The summed E-state index contributed by atoms with van der Waals surface area (Å²) in [4.78, 5) is 0. The average Bonchev–Trinajstić information content (AvgIpc) is 3.76. The van der Waals surface area contributed by atoms with Crippen molar-refractivity contribution in [3.8, 4) is 0 Å². The number of aromatic nitrogens is 6. The van der Waals surface area contributed by atoms with E-state index in [0.29, 0.717) is 0 Å². The van der Waals surface area contributed by atoms with E-state index < -0.39 is 159 Å². The number of rotatable bonds is 3. The van der Waals surface area contributed by atoms with Crippen LogP contribution in [0, 0.1) is 69.8 Å². The van der Waals surface area contributed by atoms with E-state index in [-0.39, 0.29) is 0 Å². The molecule has 0 saturated carbocycles. The molecule has 0 bridgehead atoms. The zero-order valence-electron chi connectivity index (χ0n) is 23.3. The number of fused-ring (bicyclic) bond motifs is 3. The Hall–Kier alpha value is -5.34. The molecule has 28 heteroatoms. The van der Waals surface area contributed by atoms with Crippen molar-refractivity contribution < 1.29 is 92.2 Å². The van der Waals surface area contributed by atoms with Gasteiger partial charge in [0.15, 0.2) is 86.9 Å². The van der Waals surface area contributed by atoms with E-state index in [1.54, 1.807) is 0 Å². The van der Waals surface area contributed by atoms with E-state index in [1.807, 2.05) is 0 Å². The molecular formula is C24HBF21N6-. The van der Waals surface area contributed by atoms with Crippen LogP contribution < -0.4 is 0 Å². The molecule has 6 nitrogen and oxygen atoms in total. The van der Waals surface area contributed by atoms with Crippen LogP contribution in [0.1, 0.15) is 17.1 Å². The van der Waals surface area contributed by atoms with E-state index in [9.17, 15) is 79.0 Å². The SMILES string of the molecule is Fc1c(F)c(F)c2c(c(C(F)(F)F)nn2[BH-](n2nc(C(F)(F)F)c3c(F)c(F)c(F)c(F)c32)n2nc(C(F)(F)F)c3c(F)c(F)c(F)c(F)c32)c1F. The molecule has 6 rings (SSSR count). The molecule has 0 aliphatic rings. The van der Waals surface area contributed by atoms with Gasteiger partial charge in [-0.1, -0.05) is 0 Å². The highest BCUT2D eigenvalue weighted by Gasteiger charge is 2.46. The molecule has 0 radical (unpaired) electrons. The third-order valence-corrected chi connectivity index (χ3v) is 7.48. The summed E-state index contributed by atoms with van der Waals surface area (Å²) in [5, 5.41) is -0.119. The fourth-order valence-electron chi connectivity index (χ4n) is 5.49. The van der Waals surface area contributed by atoms with Crippen LogP contribution in [0.5, 0.6) is 0 Å². The maximum absolute atomic E-state index is 15.3. The lowest BCUT2D eigenvalue weighted by Gasteiger charge is -2.30. The summed E-state index contributed by atoms with van der Waals surface area (Å²) in [6, 6.07) is 0. The Morgan fingerprint density at radius 2 is 0.500 bits per heavy atom. The van der Waals surface area contributed by atoms with Crippen molar-refractivity contribution in [2.45, 2.75) is 18.5 Å².